The predicted molar refractivity (Wildman–Crippen MR) is 87.2 cm³/mol. The van der Waals surface area contributed by atoms with Crippen LogP contribution >= 0.6 is 0 Å². The summed E-state index contributed by atoms with van der Waals surface area (Å²) in [5.41, 5.74) is 2.44. The molecule has 0 aliphatic carbocycles. The molecule has 0 aromatic carbocycles. The van der Waals surface area contributed by atoms with Crippen LogP contribution in [-0.4, -0.2) is 61.7 Å². The molecule has 2 aromatic heterocycles. The van der Waals surface area contributed by atoms with Crippen LogP contribution in [0.3, 0.4) is 0 Å². The topological polar surface area (TPSA) is 59.2 Å². The number of aromatic nitrogens is 4. The van der Waals surface area contributed by atoms with Crippen LogP contribution in [0.15, 0.2) is 12.4 Å². The summed E-state index contributed by atoms with van der Waals surface area (Å²) in [6.07, 6.45) is 3.75. The van der Waals surface area contributed by atoms with Crippen LogP contribution in [-0.2, 0) is 14.1 Å². The van der Waals surface area contributed by atoms with Crippen molar-refractivity contribution >= 4 is 5.91 Å². The molecule has 0 bridgehead atoms. The molecule has 0 unspecified atom stereocenters. The van der Waals surface area contributed by atoms with Gasteiger partial charge in [-0.2, -0.15) is 5.10 Å². The molecule has 0 saturated carbocycles. The van der Waals surface area contributed by atoms with Gasteiger partial charge in [0.05, 0.1) is 17.3 Å². The maximum Gasteiger partial charge on any atom is 0.257 e. The molecule has 23 heavy (non-hydrogen) atoms. The van der Waals surface area contributed by atoms with Crippen LogP contribution < -0.4 is 0 Å². The minimum atomic E-state index is 0.0698. The first-order valence-electron chi connectivity index (χ1n) is 7.87. The molecule has 7 heteroatoms. The second-order valence-electron chi connectivity index (χ2n) is 6.31. The third-order valence-corrected chi connectivity index (χ3v) is 4.81. The second-order valence-corrected chi connectivity index (χ2v) is 6.31. The Morgan fingerprint density at radius 2 is 1.96 bits per heavy atom. The maximum absolute atomic E-state index is 13.0. The number of carbonyl (C=O) groups excluding carboxylic acids is 1. The van der Waals surface area contributed by atoms with Gasteiger partial charge in [0.25, 0.3) is 5.91 Å². The van der Waals surface area contributed by atoms with Gasteiger partial charge in [-0.3, -0.25) is 14.4 Å². The van der Waals surface area contributed by atoms with E-state index in [9.17, 15) is 4.79 Å². The zero-order valence-corrected chi connectivity index (χ0v) is 14.4. The molecule has 1 saturated heterocycles. The average molecular weight is 316 g/mol. The number of aryl methyl sites for hydroxylation is 3. The Balaban J connectivity index is 1.86. The number of piperazine rings is 1. The van der Waals surface area contributed by atoms with Crippen molar-refractivity contribution < 1.29 is 4.79 Å². The summed E-state index contributed by atoms with van der Waals surface area (Å²) in [6, 6.07) is 0.116. The largest absolute Gasteiger partial charge is 0.337 e. The van der Waals surface area contributed by atoms with Gasteiger partial charge in [0.2, 0.25) is 0 Å². The molecule has 0 radical (unpaired) electrons. The summed E-state index contributed by atoms with van der Waals surface area (Å²) in [5.74, 6) is 1.06. The van der Waals surface area contributed by atoms with E-state index in [1.807, 2.05) is 43.6 Å². The number of nitrogens with zero attached hydrogens (tertiary/aromatic N) is 6. The van der Waals surface area contributed by atoms with Crippen molar-refractivity contribution in [1.82, 2.24) is 29.1 Å². The molecule has 0 spiro atoms. The lowest BCUT2D eigenvalue weighted by molar-refractivity contribution is 0.0527. The lowest BCUT2D eigenvalue weighted by Gasteiger charge is -2.39. The van der Waals surface area contributed by atoms with Crippen molar-refractivity contribution in [2.24, 2.45) is 14.1 Å². The fourth-order valence-electron chi connectivity index (χ4n) is 3.28. The first-order chi connectivity index (χ1) is 10.9. The Bertz CT molecular complexity index is 731. The molecule has 7 nitrogen and oxygen atoms in total. The van der Waals surface area contributed by atoms with Gasteiger partial charge in [-0.25, -0.2) is 4.98 Å². The third kappa shape index (κ3) is 2.65. The van der Waals surface area contributed by atoms with Gasteiger partial charge in [-0.05, 0) is 20.9 Å². The summed E-state index contributed by atoms with van der Waals surface area (Å²) in [5, 5.41) is 4.37. The highest BCUT2D eigenvalue weighted by Crippen LogP contribution is 2.24. The van der Waals surface area contributed by atoms with Crippen LogP contribution in [0.1, 0.15) is 33.6 Å². The molecule has 1 fully saturated rings. The molecule has 1 atom stereocenters. The fourth-order valence-corrected chi connectivity index (χ4v) is 3.28. The van der Waals surface area contributed by atoms with E-state index in [0.29, 0.717) is 6.54 Å². The Kier molecular flexibility index (Phi) is 3.97. The van der Waals surface area contributed by atoms with Gasteiger partial charge >= 0.3 is 0 Å². The molecule has 124 valence electrons. The Morgan fingerprint density at radius 3 is 2.52 bits per heavy atom. The first kappa shape index (κ1) is 15.7. The van der Waals surface area contributed by atoms with Crippen molar-refractivity contribution in [2.75, 3.05) is 26.7 Å². The summed E-state index contributed by atoms with van der Waals surface area (Å²) in [4.78, 5) is 21.6. The normalized spacial score (nSPS) is 19.3. The number of hydrogen-bond acceptors (Lipinski definition) is 4. The monoisotopic (exact) mass is 316 g/mol. The first-order valence-corrected chi connectivity index (χ1v) is 7.87. The lowest BCUT2D eigenvalue weighted by atomic mass is 10.1. The number of likely N-dealkylation sites (N-methyl/N-ethyl adjacent to an activating group) is 1. The van der Waals surface area contributed by atoms with Gasteiger partial charge < -0.3 is 9.47 Å². The van der Waals surface area contributed by atoms with Gasteiger partial charge in [0.1, 0.15) is 5.82 Å². The summed E-state index contributed by atoms with van der Waals surface area (Å²) in [7, 11) is 5.95. The van der Waals surface area contributed by atoms with Crippen LogP contribution in [0.4, 0.5) is 0 Å². The summed E-state index contributed by atoms with van der Waals surface area (Å²) in [6.45, 7) is 6.05. The standard InChI is InChI=1S/C16H24N6O/c1-11-14(12(2)21(5)18-11)16(23)22-9-8-19(3)13(10-22)15-17-6-7-20(15)4/h6-7,13H,8-10H2,1-5H3/t13-/m1/s1. The van der Waals surface area contributed by atoms with Crippen molar-refractivity contribution in [3.8, 4) is 0 Å². The van der Waals surface area contributed by atoms with E-state index in [0.717, 1.165) is 35.9 Å². The summed E-state index contributed by atoms with van der Waals surface area (Å²) >= 11 is 0. The van der Waals surface area contributed by atoms with Crippen molar-refractivity contribution in [3.63, 3.8) is 0 Å². The highest BCUT2D eigenvalue weighted by molar-refractivity contribution is 5.96. The SMILES string of the molecule is Cc1nn(C)c(C)c1C(=O)N1CCN(C)[C@@H](c2nccn2C)C1. The molecule has 0 N–H and O–H groups in total. The lowest BCUT2D eigenvalue weighted by Crippen LogP contribution is -2.49. The van der Waals surface area contributed by atoms with Crippen LogP contribution in [0.5, 0.6) is 0 Å². The van der Waals surface area contributed by atoms with E-state index >= 15 is 0 Å². The number of imidazole rings is 1. The zero-order chi connectivity index (χ0) is 16.7. The number of carbonyl (C=O) groups is 1. The molecule has 1 aliphatic heterocycles. The van der Waals surface area contributed by atoms with Crippen molar-refractivity contribution in [2.45, 2.75) is 19.9 Å². The van der Waals surface area contributed by atoms with E-state index in [2.05, 4.69) is 22.0 Å². The molecule has 1 amide bonds. The number of rotatable bonds is 2. The second kappa shape index (κ2) is 5.81. The van der Waals surface area contributed by atoms with Gasteiger partial charge in [0, 0.05) is 51.8 Å². The maximum atomic E-state index is 13.0. The highest BCUT2D eigenvalue weighted by atomic mass is 16.2. The molecular weight excluding hydrogens is 292 g/mol. The van der Waals surface area contributed by atoms with E-state index < -0.39 is 0 Å². The minimum absolute atomic E-state index is 0.0698. The smallest absolute Gasteiger partial charge is 0.257 e. The molecule has 3 heterocycles. The van der Waals surface area contributed by atoms with Crippen LogP contribution in [0.2, 0.25) is 0 Å². The Hall–Kier alpha value is -2.15. The average Bonchev–Trinajstić information content (AvgIpc) is 3.03. The third-order valence-electron chi connectivity index (χ3n) is 4.81. The quantitative estimate of drug-likeness (QED) is 0.826. The Labute approximate surface area is 136 Å². The number of hydrogen-bond donors (Lipinski definition) is 0. The van der Waals surface area contributed by atoms with Gasteiger partial charge in [0.15, 0.2) is 0 Å². The molecule has 1 aliphatic rings. The molecular formula is C16H24N6O. The summed E-state index contributed by atoms with van der Waals surface area (Å²) < 4.78 is 3.80. The van der Waals surface area contributed by atoms with Crippen molar-refractivity contribution in [3.05, 3.63) is 35.2 Å². The fraction of sp³-hybridized carbons (Fsp3) is 0.562. The number of amides is 1. The predicted octanol–water partition coefficient (Wildman–Crippen LogP) is 0.899. The van der Waals surface area contributed by atoms with Crippen molar-refractivity contribution in [1.29, 1.82) is 0 Å². The Morgan fingerprint density at radius 1 is 1.22 bits per heavy atom. The van der Waals surface area contributed by atoms with E-state index in [-0.39, 0.29) is 11.9 Å². The minimum Gasteiger partial charge on any atom is -0.337 e. The van der Waals surface area contributed by atoms with E-state index in [1.54, 1.807) is 10.9 Å². The van der Waals surface area contributed by atoms with Gasteiger partial charge in [-0.15, -0.1) is 0 Å². The van der Waals surface area contributed by atoms with Gasteiger partial charge in [-0.1, -0.05) is 0 Å². The zero-order valence-electron chi connectivity index (χ0n) is 14.4. The van der Waals surface area contributed by atoms with E-state index in [4.69, 9.17) is 0 Å². The van der Waals surface area contributed by atoms with Crippen LogP contribution in [0.25, 0.3) is 0 Å². The highest BCUT2D eigenvalue weighted by Gasteiger charge is 2.32. The molecule has 2 aromatic rings. The van der Waals surface area contributed by atoms with E-state index in [1.165, 1.54) is 0 Å². The molecule has 3 rings (SSSR count). The van der Waals surface area contributed by atoms with Crippen LogP contribution in [0, 0.1) is 13.8 Å².